The molecule has 0 unspecified atom stereocenters. The van der Waals surface area contributed by atoms with Crippen molar-refractivity contribution in [1.82, 2.24) is 10.3 Å². The van der Waals surface area contributed by atoms with Gasteiger partial charge in [-0.1, -0.05) is 13.8 Å². The van der Waals surface area contributed by atoms with Gasteiger partial charge >= 0.3 is 5.97 Å². The molecule has 0 saturated heterocycles. The summed E-state index contributed by atoms with van der Waals surface area (Å²) in [4.78, 5) is 26.8. The van der Waals surface area contributed by atoms with Crippen LogP contribution in [0.4, 0.5) is 0 Å². The van der Waals surface area contributed by atoms with Crippen LogP contribution in [0.5, 0.6) is 0 Å². The third-order valence-corrected chi connectivity index (χ3v) is 2.59. The first-order valence-corrected chi connectivity index (χ1v) is 6.00. The van der Waals surface area contributed by atoms with Crippen molar-refractivity contribution < 1.29 is 14.3 Å². The highest BCUT2D eigenvalue weighted by molar-refractivity contribution is 5.93. The highest BCUT2D eigenvalue weighted by atomic mass is 16.5. The van der Waals surface area contributed by atoms with Gasteiger partial charge in [0.05, 0.1) is 12.5 Å². The van der Waals surface area contributed by atoms with E-state index in [4.69, 9.17) is 4.74 Å². The summed E-state index contributed by atoms with van der Waals surface area (Å²) in [6, 6.07) is 3.25. The van der Waals surface area contributed by atoms with Crippen molar-refractivity contribution >= 4 is 11.9 Å². The molecule has 1 aromatic heterocycles. The van der Waals surface area contributed by atoms with Gasteiger partial charge in [0.15, 0.2) is 0 Å². The number of carbonyl (C=O) groups excluding carboxylic acids is 2. The number of esters is 1. The van der Waals surface area contributed by atoms with E-state index in [0.717, 1.165) is 6.42 Å². The number of hydrogen-bond acceptors (Lipinski definition) is 4. The summed E-state index contributed by atoms with van der Waals surface area (Å²) in [6.07, 6.45) is 3.86. The van der Waals surface area contributed by atoms with E-state index in [1.165, 1.54) is 0 Å². The van der Waals surface area contributed by atoms with Crippen molar-refractivity contribution in [2.45, 2.75) is 20.3 Å². The number of carbonyl (C=O) groups is 2. The minimum atomic E-state index is -0.226. The first-order chi connectivity index (χ1) is 8.65. The molecule has 0 bridgehead atoms. The predicted octanol–water partition coefficient (Wildman–Crippen LogP) is 1.40. The van der Waals surface area contributed by atoms with Crippen molar-refractivity contribution in [2.75, 3.05) is 13.2 Å². The second kappa shape index (κ2) is 7.42. The van der Waals surface area contributed by atoms with Gasteiger partial charge in [-0.3, -0.25) is 14.6 Å². The Balaban J connectivity index is 2.23. The summed E-state index contributed by atoms with van der Waals surface area (Å²) >= 11 is 0. The Labute approximate surface area is 107 Å². The molecule has 0 radical (unpaired) electrons. The number of amides is 1. The Morgan fingerprint density at radius 2 is 2.06 bits per heavy atom. The fraction of sp³-hybridized carbons (Fsp3) is 0.462. The molecule has 5 nitrogen and oxygen atoms in total. The van der Waals surface area contributed by atoms with E-state index in [-0.39, 0.29) is 24.4 Å². The van der Waals surface area contributed by atoms with E-state index < -0.39 is 0 Å². The van der Waals surface area contributed by atoms with Gasteiger partial charge in [0.2, 0.25) is 0 Å². The Kier molecular flexibility index (Phi) is 5.84. The molecule has 1 rings (SSSR count). The van der Waals surface area contributed by atoms with E-state index in [9.17, 15) is 9.59 Å². The molecular formula is C13H18N2O3. The molecule has 0 aliphatic heterocycles. The van der Waals surface area contributed by atoms with Crippen LogP contribution in [0.3, 0.4) is 0 Å². The second-order valence-electron chi connectivity index (χ2n) is 3.97. The minimum absolute atomic E-state index is 0.0964. The molecule has 1 atom stereocenters. The van der Waals surface area contributed by atoms with Crippen molar-refractivity contribution in [3.05, 3.63) is 30.1 Å². The molecule has 0 aliphatic rings. The summed E-state index contributed by atoms with van der Waals surface area (Å²) in [7, 11) is 0. The zero-order valence-electron chi connectivity index (χ0n) is 10.7. The Bertz CT molecular complexity index is 392. The molecule has 1 heterocycles. The number of aromatic nitrogens is 1. The van der Waals surface area contributed by atoms with Crippen LogP contribution in [-0.2, 0) is 9.53 Å². The number of pyridine rings is 1. The van der Waals surface area contributed by atoms with Gasteiger partial charge in [-0.2, -0.15) is 0 Å². The van der Waals surface area contributed by atoms with Crippen LogP contribution >= 0.6 is 0 Å². The highest BCUT2D eigenvalue weighted by Gasteiger charge is 2.11. The molecule has 0 fully saturated rings. The number of rotatable bonds is 6. The smallest absolute Gasteiger partial charge is 0.308 e. The lowest BCUT2D eigenvalue weighted by atomic mass is 10.1. The Morgan fingerprint density at radius 1 is 1.39 bits per heavy atom. The van der Waals surface area contributed by atoms with Crippen molar-refractivity contribution in [2.24, 2.45) is 5.92 Å². The molecule has 18 heavy (non-hydrogen) atoms. The molecule has 1 N–H and O–H groups in total. The van der Waals surface area contributed by atoms with Gasteiger partial charge in [-0.15, -0.1) is 0 Å². The minimum Gasteiger partial charge on any atom is -0.464 e. The van der Waals surface area contributed by atoms with Crippen LogP contribution < -0.4 is 5.32 Å². The van der Waals surface area contributed by atoms with Crippen LogP contribution in [0.25, 0.3) is 0 Å². The summed E-state index contributed by atoms with van der Waals surface area (Å²) in [5.74, 6) is -0.520. The van der Waals surface area contributed by atoms with Crippen LogP contribution in [0, 0.1) is 5.92 Å². The molecule has 0 aliphatic carbocycles. The normalized spacial score (nSPS) is 11.7. The van der Waals surface area contributed by atoms with E-state index in [1.54, 1.807) is 24.5 Å². The lowest BCUT2D eigenvalue weighted by molar-refractivity contribution is -0.147. The average molecular weight is 250 g/mol. The van der Waals surface area contributed by atoms with Crippen LogP contribution in [0.2, 0.25) is 0 Å². The second-order valence-corrected chi connectivity index (χ2v) is 3.97. The first-order valence-electron chi connectivity index (χ1n) is 6.00. The van der Waals surface area contributed by atoms with Crippen LogP contribution in [-0.4, -0.2) is 30.0 Å². The monoisotopic (exact) mass is 250 g/mol. The number of nitrogens with zero attached hydrogens (tertiary/aromatic N) is 1. The molecular weight excluding hydrogens is 232 g/mol. The summed E-state index contributed by atoms with van der Waals surface area (Å²) in [5, 5.41) is 2.67. The Morgan fingerprint density at radius 3 is 2.67 bits per heavy atom. The summed E-state index contributed by atoms with van der Waals surface area (Å²) in [5.41, 5.74) is 0.540. The maximum atomic E-state index is 11.6. The van der Waals surface area contributed by atoms with Gasteiger partial charge in [-0.05, 0) is 18.6 Å². The lowest BCUT2D eigenvalue weighted by Gasteiger charge is -2.09. The average Bonchev–Trinajstić information content (AvgIpc) is 2.43. The fourth-order valence-electron chi connectivity index (χ4n) is 1.23. The molecule has 98 valence electrons. The highest BCUT2D eigenvalue weighted by Crippen LogP contribution is 2.02. The molecule has 0 aromatic carbocycles. The maximum Gasteiger partial charge on any atom is 0.308 e. The zero-order chi connectivity index (χ0) is 13.4. The van der Waals surface area contributed by atoms with Gasteiger partial charge < -0.3 is 10.1 Å². The standard InChI is InChI=1S/C13H18N2O3/c1-3-10(2)13(17)18-9-8-15-12(16)11-4-6-14-7-5-11/h4-7,10H,3,8-9H2,1-2H3,(H,15,16)/t10-/m1/s1. The van der Waals surface area contributed by atoms with E-state index >= 15 is 0 Å². The van der Waals surface area contributed by atoms with Crippen LogP contribution in [0.15, 0.2) is 24.5 Å². The summed E-state index contributed by atoms with van der Waals surface area (Å²) < 4.78 is 5.01. The number of ether oxygens (including phenoxy) is 1. The predicted molar refractivity (Wildman–Crippen MR) is 67.0 cm³/mol. The topological polar surface area (TPSA) is 68.3 Å². The Hall–Kier alpha value is -1.91. The van der Waals surface area contributed by atoms with Gasteiger partial charge in [0, 0.05) is 18.0 Å². The third-order valence-electron chi connectivity index (χ3n) is 2.59. The number of nitrogens with one attached hydrogen (secondary N) is 1. The van der Waals surface area contributed by atoms with Crippen LogP contribution in [0.1, 0.15) is 30.6 Å². The van der Waals surface area contributed by atoms with Gasteiger partial charge in [-0.25, -0.2) is 0 Å². The van der Waals surface area contributed by atoms with Crippen molar-refractivity contribution in [3.8, 4) is 0 Å². The fourth-order valence-corrected chi connectivity index (χ4v) is 1.23. The molecule has 0 spiro atoms. The summed E-state index contributed by atoms with van der Waals surface area (Å²) in [6.45, 7) is 4.25. The van der Waals surface area contributed by atoms with Crippen molar-refractivity contribution in [3.63, 3.8) is 0 Å². The van der Waals surface area contributed by atoms with Gasteiger partial charge in [0.1, 0.15) is 6.61 Å². The SMILES string of the molecule is CC[C@@H](C)C(=O)OCCNC(=O)c1ccncc1. The quantitative estimate of drug-likeness (QED) is 0.612. The zero-order valence-corrected chi connectivity index (χ0v) is 10.7. The van der Waals surface area contributed by atoms with E-state index in [0.29, 0.717) is 12.1 Å². The maximum absolute atomic E-state index is 11.6. The molecule has 0 saturated carbocycles. The van der Waals surface area contributed by atoms with Crippen molar-refractivity contribution in [1.29, 1.82) is 0 Å². The molecule has 1 aromatic rings. The third kappa shape index (κ3) is 4.53. The largest absolute Gasteiger partial charge is 0.464 e. The van der Waals surface area contributed by atoms with Gasteiger partial charge in [0.25, 0.3) is 5.91 Å². The number of hydrogen-bond donors (Lipinski definition) is 1. The first kappa shape index (κ1) is 14.2. The molecule has 5 heteroatoms. The van der Waals surface area contributed by atoms with E-state index in [1.807, 2.05) is 13.8 Å². The lowest BCUT2D eigenvalue weighted by Crippen LogP contribution is -2.28. The van der Waals surface area contributed by atoms with E-state index in [2.05, 4.69) is 10.3 Å². The molecule has 1 amide bonds.